The number of Topliss-reactive ketones (excluding diaryl/α,β-unsaturated/α-hetero) is 1. The molecule has 0 radical (unpaired) electrons. The van der Waals surface area contributed by atoms with E-state index < -0.39 is 70.0 Å². The lowest BCUT2D eigenvalue weighted by molar-refractivity contribution is -0.276. The summed E-state index contributed by atoms with van der Waals surface area (Å²) in [5, 5.41) is 57.2. The third kappa shape index (κ3) is 3.29. The van der Waals surface area contributed by atoms with Gasteiger partial charge in [-0.2, -0.15) is 0 Å². The summed E-state index contributed by atoms with van der Waals surface area (Å²) in [5.74, 6) is -3.46. The summed E-state index contributed by atoms with van der Waals surface area (Å²) in [4.78, 5) is 26.7. The summed E-state index contributed by atoms with van der Waals surface area (Å²) >= 11 is 0. The average molecular weight is 495 g/mol. The van der Waals surface area contributed by atoms with Gasteiger partial charge in [-0.1, -0.05) is 34.6 Å². The number of esters is 1. The molecular weight excluding hydrogens is 452 g/mol. The van der Waals surface area contributed by atoms with E-state index in [2.05, 4.69) is 0 Å². The van der Waals surface area contributed by atoms with E-state index in [-0.39, 0.29) is 30.3 Å². The zero-order valence-electron chi connectivity index (χ0n) is 21.9. The second-order valence-corrected chi connectivity index (χ2v) is 12.8. The first kappa shape index (κ1) is 26.7. The Labute approximate surface area is 207 Å². The molecule has 35 heavy (non-hydrogen) atoms. The lowest BCUT2D eigenvalue weighted by Crippen LogP contribution is -2.75. The SMILES string of the molecule is CC1=C2C(O)C(=O)[C@]3(C)C(O)C[C@H]4CC[C@@]4(O)C3C(C)C(O)(CC1OC(=O)C(O)C(C)C)C2(C)C. The number of ketones is 1. The van der Waals surface area contributed by atoms with Crippen molar-refractivity contribution in [2.75, 3.05) is 0 Å². The van der Waals surface area contributed by atoms with Crippen molar-refractivity contribution in [1.82, 2.24) is 0 Å². The van der Waals surface area contributed by atoms with Crippen LogP contribution in [0.4, 0.5) is 0 Å². The van der Waals surface area contributed by atoms with Crippen LogP contribution in [0, 0.1) is 34.5 Å². The number of rotatable bonds is 3. The number of fused-ring (bicyclic) bond motifs is 5. The fourth-order valence-electron chi connectivity index (χ4n) is 8.10. The minimum Gasteiger partial charge on any atom is -0.456 e. The molecule has 0 aromatic heterocycles. The molecule has 0 amide bonds. The zero-order chi connectivity index (χ0) is 26.5. The highest BCUT2D eigenvalue weighted by Crippen LogP contribution is 2.66. The van der Waals surface area contributed by atoms with Crippen molar-refractivity contribution >= 4 is 11.8 Å². The molecule has 4 rings (SSSR count). The first-order chi connectivity index (χ1) is 16.0. The van der Waals surface area contributed by atoms with Crippen molar-refractivity contribution in [1.29, 1.82) is 0 Å². The van der Waals surface area contributed by atoms with Crippen molar-refractivity contribution in [2.24, 2.45) is 34.5 Å². The van der Waals surface area contributed by atoms with Crippen LogP contribution in [0.25, 0.3) is 0 Å². The highest BCUT2D eigenvalue weighted by molar-refractivity contribution is 5.93. The molecule has 8 nitrogen and oxygen atoms in total. The van der Waals surface area contributed by atoms with E-state index in [9.17, 15) is 35.1 Å². The Morgan fingerprint density at radius 2 is 1.74 bits per heavy atom. The molecule has 2 bridgehead atoms. The summed E-state index contributed by atoms with van der Waals surface area (Å²) in [6.07, 6.45) is -3.59. The Bertz CT molecular complexity index is 955. The third-order valence-electron chi connectivity index (χ3n) is 10.6. The summed E-state index contributed by atoms with van der Waals surface area (Å²) in [6, 6.07) is 0. The largest absolute Gasteiger partial charge is 0.456 e. The van der Waals surface area contributed by atoms with E-state index >= 15 is 0 Å². The van der Waals surface area contributed by atoms with Crippen molar-refractivity contribution in [3.63, 3.8) is 0 Å². The van der Waals surface area contributed by atoms with Crippen molar-refractivity contribution in [3.05, 3.63) is 11.1 Å². The lowest BCUT2D eigenvalue weighted by atomic mass is 9.39. The number of hydrogen-bond donors (Lipinski definition) is 5. The number of carbonyl (C=O) groups excluding carboxylic acids is 2. The molecule has 5 N–H and O–H groups in total. The van der Waals surface area contributed by atoms with Crippen molar-refractivity contribution in [2.45, 2.75) is 110 Å². The topological polar surface area (TPSA) is 145 Å². The predicted octanol–water partition coefficient (Wildman–Crippen LogP) is 1.50. The third-order valence-corrected chi connectivity index (χ3v) is 10.6. The summed E-state index contributed by atoms with van der Waals surface area (Å²) < 4.78 is 5.68. The number of carbonyl (C=O) groups is 2. The summed E-state index contributed by atoms with van der Waals surface area (Å²) in [6.45, 7) is 12.0. The van der Waals surface area contributed by atoms with Crippen LogP contribution < -0.4 is 0 Å². The van der Waals surface area contributed by atoms with Gasteiger partial charge in [0.1, 0.15) is 12.2 Å². The first-order valence-electron chi connectivity index (χ1n) is 12.9. The van der Waals surface area contributed by atoms with Crippen molar-refractivity contribution in [3.8, 4) is 0 Å². The van der Waals surface area contributed by atoms with Crippen LogP contribution in [-0.4, -0.2) is 72.9 Å². The maximum absolute atomic E-state index is 14.0. The second-order valence-electron chi connectivity index (χ2n) is 12.8. The maximum Gasteiger partial charge on any atom is 0.335 e. The molecule has 198 valence electrons. The Kier molecular flexibility index (Phi) is 6.18. The monoisotopic (exact) mass is 494 g/mol. The molecular formula is C27H42O8. The highest BCUT2D eigenvalue weighted by Gasteiger charge is 2.73. The van der Waals surface area contributed by atoms with Crippen LogP contribution in [-0.2, 0) is 14.3 Å². The summed E-state index contributed by atoms with van der Waals surface area (Å²) in [7, 11) is 0. The maximum atomic E-state index is 14.0. The summed E-state index contributed by atoms with van der Waals surface area (Å²) in [5.41, 5.74) is -4.65. The predicted molar refractivity (Wildman–Crippen MR) is 127 cm³/mol. The average Bonchev–Trinajstić information content (AvgIpc) is 2.76. The Hall–Kier alpha value is -1.32. The van der Waals surface area contributed by atoms with Gasteiger partial charge in [0, 0.05) is 17.8 Å². The second kappa shape index (κ2) is 8.09. The van der Waals surface area contributed by atoms with Crippen LogP contribution in [0.5, 0.6) is 0 Å². The van der Waals surface area contributed by atoms with Crippen LogP contribution >= 0.6 is 0 Å². The minimum absolute atomic E-state index is 0.0165. The molecule has 3 saturated carbocycles. The molecule has 0 heterocycles. The highest BCUT2D eigenvalue weighted by atomic mass is 16.6. The van der Waals surface area contributed by atoms with Gasteiger partial charge in [-0.25, -0.2) is 4.79 Å². The van der Waals surface area contributed by atoms with Gasteiger partial charge in [-0.3, -0.25) is 4.79 Å². The molecule has 0 aromatic rings. The quantitative estimate of drug-likeness (QED) is 0.293. The van der Waals surface area contributed by atoms with Gasteiger partial charge in [0.25, 0.3) is 0 Å². The molecule has 0 aliphatic heterocycles. The van der Waals surface area contributed by atoms with E-state index in [4.69, 9.17) is 4.74 Å². The van der Waals surface area contributed by atoms with Crippen LogP contribution in [0.2, 0.25) is 0 Å². The van der Waals surface area contributed by atoms with Gasteiger partial charge in [0.15, 0.2) is 11.9 Å². The first-order valence-corrected chi connectivity index (χ1v) is 12.9. The van der Waals surface area contributed by atoms with Crippen LogP contribution in [0.1, 0.15) is 74.1 Å². The number of aliphatic hydroxyl groups excluding tert-OH is 3. The molecule has 7 unspecified atom stereocenters. The molecule has 4 aliphatic rings. The van der Waals surface area contributed by atoms with Gasteiger partial charge in [0.2, 0.25) is 0 Å². The fourth-order valence-corrected chi connectivity index (χ4v) is 8.10. The normalized spacial score (nSPS) is 47.7. The van der Waals surface area contributed by atoms with E-state index in [1.165, 1.54) is 0 Å². The van der Waals surface area contributed by atoms with Crippen LogP contribution in [0.3, 0.4) is 0 Å². The van der Waals surface area contributed by atoms with E-state index in [1.54, 1.807) is 48.5 Å². The number of hydrogen-bond acceptors (Lipinski definition) is 8. The molecule has 10 atom stereocenters. The van der Waals surface area contributed by atoms with Gasteiger partial charge in [0.05, 0.1) is 22.7 Å². The zero-order valence-corrected chi connectivity index (χ0v) is 21.9. The molecule has 0 spiro atoms. The van der Waals surface area contributed by atoms with Gasteiger partial charge in [-0.15, -0.1) is 0 Å². The minimum atomic E-state index is -1.65. The Morgan fingerprint density at radius 1 is 1.14 bits per heavy atom. The van der Waals surface area contributed by atoms with E-state index in [0.717, 1.165) is 6.42 Å². The standard InChI is InChI=1S/C27H42O8/c1-12(2)19(29)23(32)35-16-11-27(34)14(4)21-25(7,17(28)10-15-8-9-26(15,21)33)22(31)20(30)18(13(16)3)24(27,5)6/h12,14-17,19-21,28-30,33-34H,8-11H2,1-7H3/t14?,15-,16?,17?,19?,20?,21?,25-,26+,27?/m1/s1. The number of ether oxygens (including phenoxy) is 1. The molecule has 3 fully saturated rings. The fraction of sp³-hybridized carbons (Fsp3) is 0.852. The van der Waals surface area contributed by atoms with Gasteiger partial charge >= 0.3 is 5.97 Å². The van der Waals surface area contributed by atoms with E-state index in [0.29, 0.717) is 12.0 Å². The Morgan fingerprint density at radius 3 is 2.26 bits per heavy atom. The smallest absolute Gasteiger partial charge is 0.335 e. The molecule has 8 heteroatoms. The van der Waals surface area contributed by atoms with Crippen molar-refractivity contribution < 1.29 is 39.9 Å². The van der Waals surface area contributed by atoms with E-state index in [1.807, 2.05) is 0 Å². The van der Waals surface area contributed by atoms with Gasteiger partial charge in [-0.05, 0) is 62.0 Å². The Balaban J connectivity index is 1.90. The number of aliphatic hydroxyl groups is 5. The molecule has 0 saturated heterocycles. The molecule has 0 aromatic carbocycles. The lowest BCUT2D eigenvalue weighted by Gasteiger charge is -2.68. The molecule has 4 aliphatic carbocycles. The van der Waals surface area contributed by atoms with Gasteiger partial charge < -0.3 is 30.3 Å². The van der Waals surface area contributed by atoms with Crippen LogP contribution in [0.15, 0.2) is 11.1 Å².